The molecule has 0 aromatic rings. The first-order valence-electron chi connectivity index (χ1n) is 22.6. The topological polar surface area (TPSA) is 60.0 Å². The molecule has 0 radical (unpaired) electrons. The fourth-order valence-corrected chi connectivity index (χ4v) is 6.13. The summed E-state index contributed by atoms with van der Waals surface area (Å²) in [5.41, 5.74) is 0. The second-order valence-corrected chi connectivity index (χ2v) is 14.7. The van der Waals surface area contributed by atoms with E-state index < -0.39 is 0 Å². The molecule has 310 valence electrons. The monoisotopic (exact) mass is 745 g/mol. The highest BCUT2D eigenvalue weighted by Gasteiger charge is 2.13. The Labute approximate surface area is 330 Å². The number of ether oxygens (including phenoxy) is 3. The summed E-state index contributed by atoms with van der Waals surface area (Å²) in [7, 11) is 0. The molecule has 0 spiro atoms. The molecule has 0 aromatic carbocycles. The van der Waals surface area contributed by atoms with Crippen molar-refractivity contribution in [2.45, 2.75) is 182 Å². The highest BCUT2D eigenvalue weighted by atomic mass is 16.6. The van der Waals surface area contributed by atoms with Gasteiger partial charge in [0.15, 0.2) is 0 Å². The van der Waals surface area contributed by atoms with Crippen LogP contribution in [0.4, 0.5) is 4.79 Å². The lowest BCUT2D eigenvalue weighted by Crippen LogP contribution is -2.36. The maximum Gasteiger partial charge on any atom is 0.407 e. The minimum Gasteiger partial charge on any atom is -0.449 e. The number of allylic oxidation sites excluding steroid dienone is 8. The summed E-state index contributed by atoms with van der Waals surface area (Å²) < 4.78 is 17.7. The van der Waals surface area contributed by atoms with Gasteiger partial charge in [-0.1, -0.05) is 153 Å². The molecular weight excluding hydrogens is 657 g/mol. The summed E-state index contributed by atoms with van der Waals surface area (Å²) in [6, 6.07) is 0. The van der Waals surface area contributed by atoms with Crippen molar-refractivity contribution < 1.29 is 19.0 Å². The molecule has 0 aliphatic carbocycles. The molecule has 0 bridgehead atoms. The normalized spacial score (nSPS) is 12.8. The lowest BCUT2D eigenvalue weighted by Gasteiger charge is -2.19. The molecule has 1 unspecified atom stereocenters. The van der Waals surface area contributed by atoms with Crippen LogP contribution in [0, 0.1) is 5.92 Å². The van der Waals surface area contributed by atoms with E-state index in [1.54, 1.807) is 0 Å². The van der Waals surface area contributed by atoms with Crippen LogP contribution in [0.3, 0.4) is 0 Å². The van der Waals surface area contributed by atoms with E-state index in [0.717, 1.165) is 58.5 Å². The van der Waals surface area contributed by atoms with Gasteiger partial charge in [-0.15, -0.1) is 0 Å². The van der Waals surface area contributed by atoms with Gasteiger partial charge >= 0.3 is 6.09 Å². The van der Waals surface area contributed by atoms with Crippen molar-refractivity contribution in [3.8, 4) is 0 Å². The molecule has 0 rings (SSSR count). The maximum atomic E-state index is 12.3. The fraction of sp³-hybridized carbons (Fsp3) is 0.809. The average Bonchev–Trinajstić information content (AvgIpc) is 3.17. The number of likely N-dealkylation sites (N-methyl/N-ethyl adjacent to an activating group) is 1. The van der Waals surface area contributed by atoms with Crippen molar-refractivity contribution in [3.05, 3.63) is 48.6 Å². The highest BCUT2D eigenvalue weighted by Crippen LogP contribution is 2.11. The molecule has 0 saturated heterocycles. The molecule has 0 aromatic heterocycles. The molecule has 1 N–H and O–H groups in total. The van der Waals surface area contributed by atoms with Crippen molar-refractivity contribution in [1.82, 2.24) is 10.2 Å². The van der Waals surface area contributed by atoms with Crippen LogP contribution < -0.4 is 5.32 Å². The minimum absolute atomic E-state index is 0.0535. The van der Waals surface area contributed by atoms with Crippen LogP contribution in [0.2, 0.25) is 0 Å². The molecule has 6 heteroatoms. The standard InChI is InChI=1S/C47H88N2O4/c1-5-9-11-13-15-17-19-21-23-25-27-29-31-33-35-37-41-51-43-46(45-53-47(50)48-39-40-49(7-3)8-4)44-52-42-38-36-34-32-30-28-26-24-22-20-18-16-14-12-10-6-2/h15-18,21-24,46H,5-14,19-20,25-45H2,1-4H3,(H,48,50)/b17-15-,18-16+,23-21-,24-22+. The number of carbonyl (C=O) groups is 1. The molecule has 1 amide bonds. The van der Waals surface area contributed by atoms with Crippen molar-refractivity contribution >= 4 is 6.09 Å². The van der Waals surface area contributed by atoms with E-state index in [9.17, 15) is 4.79 Å². The Bertz CT molecular complexity index is 799. The van der Waals surface area contributed by atoms with E-state index in [0.29, 0.717) is 26.4 Å². The highest BCUT2D eigenvalue weighted by molar-refractivity contribution is 5.67. The van der Waals surface area contributed by atoms with E-state index in [2.05, 4.69) is 86.5 Å². The summed E-state index contributed by atoms with van der Waals surface area (Å²) in [5, 5.41) is 2.89. The molecular formula is C47H88N2O4. The lowest BCUT2D eigenvalue weighted by atomic mass is 10.1. The molecule has 0 aliphatic heterocycles. The molecule has 0 fully saturated rings. The van der Waals surface area contributed by atoms with Crippen LogP contribution in [0.15, 0.2) is 48.6 Å². The second-order valence-electron chi connectivity index (χ2n) is 14.7. The summed E-state index contributed by atoms with van der Waals surface area (Å²) in [5.74, 6) is 0.0535. The first-order valence-corrected chi connectivity index (χ1v) is 22.6. The van der Waals surface area contributed by atoms with Crippen LogP contribution >= 0.6 is 0 Å². The van der Waals surface area contributed by atoms with Crippen LogP contribution in [-0.4, -0.2) is 70.2 Å². The fourth-order valence-electron chi connectivity index (χ4n) is 6.13. The molecule has 1 atom stereocenters. The van der Waals surface area contributed by atoms with Crippen molar-refractivity contribution in [2.24, 2.45) is 5.92 Å². The van der Waals surface area contributed by atoms with E-state index in [1.165, 1.54) is 128 Å². The minimum atomic E-state index is -0.350. The van der Waals surface area contributed by atoms with Crippen molar-refractivity contribution in [2.75, 3.05) is 59.2 Å². The molecule has 0 aliphatic rings. The van der Waals surface area contributed by atoms with Gasteiger partial charge in [0.2, 0.25) is 0 Å². The third-order valence-corrected chi connectivity index (χ3v) is 9.73. The number of nitrogens with zero attached hydrogens (tertiary/aromatic N) is 1. The van der Waals surface area contributed by atoms with Crippen LogP contribution in [0.1, 0.15) is 182 Å². The molecule has 0 saturated carbocycles. The molecule has 0 heterocycles. The predicted molar refractivity (Wildman–Crippen MR) is 231 cm³/mol. The number of carbonyl (C=O) groups excluding carboxylic acids is 1. The van der Waals surface area contributed by atoms with Gasteiger partial charge in [-0.2, -0.15) is 0 Å². The Kier molecular flexibility index (Phi) is 42.9. The van der Waals surface area contributed by atoms with Gasteiger partial charge in [-0.25, -0.2) is 4.79 Å². The average molecular weight is 745 g/mol. The predicted octanol–water partition coefficient (Wildman–Crippen LogP) is 13.3. The number of amides is 1. The lowest BCUT2D eigenvalue weighted by molar-refractivity contribution is 0.00888. The first-order chi connectivity index (χ1) is 26.2. The summed E-state index contributed by atoms with van der Waals surface area (Å²) in [6.07, 6.45) is 48.1. The van der Waals surface area contributed by atoms with Gasteiger partial charge in [-0.05, 0) is 90.1 Å². The van der Waals surface area contributed by atoms with Crippen LogP contribution in [0.25, 0.3) is 0 Å². The van der Waals surface area contributed by atoms with E-state index in [4.69, 9.17) is 14.2 Å². The number of nitrogens with one attached hydrogen (secondary N) is 1. The van der Waals surface area contributed by atoms with E-state index in [-0.39, 0.29) is 12.0 Å². The Morgan fingerprint density at radius 3 is 1.32 bits per heavy atom. The van der Waals surface area contributed by atoms with E-state index >= 15 is 0 Å². The Morgan fingerprint density at radius 1 is 0.509 bits per heavy atom. The molecule has 6 nitrogen and oxygen atoms in total. The number of hydrogen-bond acceptors (Lipinski definition) is 5. The van der Waals surface area contributed by atoms with Crippen molar-refractivity contribution in [3.63, 3.8) is 0 Å². The number of alkyl carbamates (subject to hydrolysis) is 1. The van der Waals surface area contributed by atoms with Crippen molar-refractivity contribution in [1.29, 1.82) is 0 Å². The van der Waals surface area contributed by atoms with Gasteiger partial charge in [0, 0.05) is 32.2 Å². The smallest absolute Gasteiger partial charge is 0.407 e. The quantitative estimate of drug-likeness (QED) is 0.0499. The summed E-state index contributed by atoms with van der Waals surface area (Å²) in [6.45, 7) is 15.1. The summed E-state index contributed by atoms with van der Waals surface area (Å²) >= 11 is 0. The SMILES string of the molecule is CCCCC/C=C\C/C=C\CCCCCCCCOCC(COCCCCCCCC/C=C/C/C=C/CCCCC)COC(=O)NCCN(CC)CC. The van der Waals surface area contributed by atoms with Crippen LogP contribution in [0.5, 0.6) is 0 Å². The largest absolute Gasteiger partial charge is 0.449 e. The van der Waals surface area contributed by atoms with Gasteiger partial charge in [0.25, 0.3) is 0 Å². The van der Waals surface area contributed by atoms with Gasteiger partial charge in [-0.3, -0.25) is 0 Å². The Hall–Kier alpha value is -1.89. The number of unbranched alkanes of at least 4 members (excludes halogenated alkanes) is 18. The molecule has 53 heavy (non-hydrogen) atoms. The zero-order chi connectivity index (χ0) is 38.6. The first kappa shape index (κ1) is 51.1. The third kappa shape index (κ3) is 41.1. The number of hydrogen-bond donors (Lipinski definition) is 1. The zero-order valence-electron chi connectivity index (χ0n) is 35.6. The van der Waals surface area contributed by atoms with E-state index in [1.807, 2.05) is 0 Å². The van der Waals surface area contributed by atoms with Gasteiger partial charge in [0.05, 0.1) is 13.2 Å². The maximum absolute atomic E-state index is 12.3. The zero-order valence-corrected chi connectivity index (χ0v) is 35.6. The van der Waals surface area contributed by atoms with Gasteiger partial charge in [0.1, 0.15) is 6.61 Å². The summed E-state index contributed by atoms with van der Waals surface area (Å²) in [4.78, 5) is 14.6. The Morgan fingerprint density at radius 2 is 0.906 bits per heavy atom. The van der Waals surface area contributed by atoms with Crippen LogP contribution in [-0.2, 0) is 14.2 Å². The Balaban J connectivity index is 4.09. The second kappa shape index (κ2) is 44.5. The number of rotatable bonds is 41. The third-order valence-electron chi connectivity index (χ3n) is 9.73. The van der Waals surface area contributed by atoms with Gasteiger partial charge < -0.3 is 24.4 Å².